The molecular formula is C10H16O3. The molecule has 0 atom stereocenters. The minimum absolute atomic E-state index is 0.0800. The Morgan fingerprint density at radius 1 is 1.54 bits per heavy atom. The summed E-state index contributed by atoms with van der Waals surface area (Å²) in [4.78, 5) is 22.1. The number of hydrogen-bond acceptors (Lipinski definition) is 3. The Bertz CT molecular complexity index is 249. The Hall–Kier alpha value is -1.12. The van der Waals surface area contributed by atoms with Crippen LogP contribution in [0.5, 0.6) is 0 Å². The summed E-state index contributed by atoms with van der Waals surface area (Å²) in [5.41, 5.74) is 0. The highest BCUT2D eigenvalue weighted by Crippen LogP contribution is 2.02. The maximum Gasteiger partial charge on any atom is 0.305 e. The van der Waals surface area contributed by atoms with Crippen molar-refractivity contribution < 1.29 is 17.1 Å². The van der Waals surface area contributed by atoms with E-state index in [0.29, 0.717) is 6.42 Å². The number of carbonyl (C=O) groups excluding carboxylic acids is 2. The van der Waals surface area contributed by atoms with Crippen LogP contribution in [0.15, 0.2) is 12.7 Å². The third-order valence-electron chi connectivity index (χ3n) is 1.45. The summed E-state index contributed by atoms with van der Waals surface area (Å²) in [5, 5.41) is 0. The molecule has 0 aromatic carbocycles. The molecule has 3 nitrogen and oxygen atoms in total. The van der Waals surface area contributed by atoms with Crippen LogP contribution < -0.4 is 0 Å². The molecule has 0 amide bonds. The summed E-state index contributed by atoms with van der Waals surface area (Å²) in [6.07, 6.45) is -0.0152. The highest BCUT2D eigenvalue weighted by atomic mass is 16.5. The van der Waals surface area contributed by atoms with Crippen molar-refractivity contribution in [1.82, 2.24) is 0 Å². The minimum atomic E-state index is -1.95. The fraction of sp³-hybridized carbons (Fsp3) is 0.600. The van der Waals surface area contributed by atoms with Crippen molar-refractivity contribution in [2.24, 2.45) is 0 Å². The molecule has 0 aliphatic carbocycles. The van der Waals surface area contributed by atoms with E-state index >= 15 is 0 Å². The van der Waals surface area contributed by atoms with Gasteiger partial charge in [-0.2, -0.15) is 0 Å². The lowest BCUT2D eigenvalue weighted by atomic mass is 10.1. The van der Waals surface area contributed by atoms with Crippen molar-refractivity contribution in [2.75, 3.05) is 7.11 Å². The second-order valence-electron chi connectivity index (χ2n) is 2.50. The molecular weight excluding hydrogens is 168 g/mol. The zero-order valence-electron chi connectivity index (χ0n) is 9.84. The average molecular weight is 186 g/mol. The molecule has 0 bridgehead atoms. The van der Waals surface area contributed by atoms with Gasteiger partial charge in [-0.25, -0.2) is 0 Å². The third kappa shape index (κ3) is 7.25. The normalized spacial score (nSPS) is 12.7. The van der Waals surface area contributed by atoms with Crippen LogP contribution in [0, 0.1) is 0 Å². The molecule has 0 aliphatic heterocycles. The fourth-order valence-corrected chi connectivity index (χ4v) is 0.728. The summed E-state index contributed by atoms with van der Waals surface area (Å²) >= 11 is 0. The van der Waals surface area contributed by atoms with Crippen LogP contribution in [0.3, 0.4) is 0 Å². The van der Waals surface area contributed by atoms with Crippen LogP contribution in [0.25, 0.3) is 0 Å². The number of rotatable bonds is 7. The van der Waals surface area contributed by atoms with Crippen LogP contribution in [-0.4, -0.2) is 18.9 Å². The molecule has 0 unspecified atom stereocenters. The summed E-state index contributed by atoms with van der Waals surface area (Å²) in [5.74, 6) is -0.998. The van der Waals surface area contributed by atoms with Gasteiger partial charge in [-0.05, 0) is 12.8 Å². The van der Waals surface area contributed by atoms with Crippen molar-refractivity contribution in [1.29, 1.82) is 0 Å². The molecule has 0 fully saturated rings. The highest BCUT2D eigenvalue weighted by Gasteiger charge is 2.03. The first-order valence-corrected chi connectivity index (χ1v) is 4.15. The summed E-state index contributed by atoms with van der Waals surface area (Å²) < 4.78 is 19.3. The van der Waals surface area contributed by atoms with E-state index in [1.807, 2.05) is 0 Å². The lowest BCUT2D eigenvalue weighted by Gasteiger charge is -1.98. The molecule has 0 radical (unpaired) electrons. The van der Waals surface area contributed by atoms with Crippen LogP contribution in [-0.2, 0) is 14.3 Å². The zero-order chi connectivity index (χ0) is 11.9. The van der Waals surface area contributed by atoms with Crippen molar-refractivity contribution >= 4 is 11.8 Å². The molecule has 0 heterocycles. The predicted octanol–water partition coefficient (Wildman–Crippen LogP) is 1.86. The van der Waals surface area contributed by atoms with Crippen LogP contribution in [0.4, 0.5) is 0 Å². The van der Waals surface area contributed by atoms with Gasteiger partial charge in [0.2, 0.25) is 0 Å². The van der Waals surface area contributed by atoms with Gasteiger partial charge in [0, 0.05) is 22.0 Å². The number of Topliss-reactive ketones (excluding diaryl/α,β-unsaturated/α-hetero) is 1. The third-order valence-corrected chi connectivity index (χ3v) is 1.45. The average Bonchev–Trinajstić information content (AvgIpc) is 2.22. The molecule has 0 spiro atoms. The molecule has 0 saturated heterocycles. The van der Waals surface area contributed by atoms with E-state index in [9.17, 15) is 9.59 Å². The largest absolute Gasteiger partial charge is 0.469 e. The topological polar surface area (TPSA) is 43.4 Å². The Morgan fingerprint density at radius 3 is 2.77 bits per heavy atom. The smallest absolute Gasteiger partial charge is 0.305 e. The van der Waals surface area contributed by atoms with Gasteiger partial charge in [-0.1, -0.05) is 6.08 Å². The number of hydrogen-bond donors (Lipinski definition) is 0. The molecule has 0 aromatic rings. The first-order valence-electron chi connectivity index (χ1n) is 5.15. The Labute approximate surface area is 81.6 Å². The van der Waals surface area contributed by atoms with Gasteiger partial charge in [0.05, 0.1) is 7.11 Å². The van der Waals surface area contributed by atoms with E-state index in [4.69, 9.17) is 2.74 Å². The van der Waals surface area contributed by atoms with Gasteiger partial charge in [0.15, 0.2) is 0 Å². The highest BCUT2D eigenvalue weighted by molar-refractivity contribution is 5.79. The van der Waals surface area contributed by atoms with E-state index < -0.39 is 18.1 Å². The quantitative estimate of drug-likeness (QED) is 0.450. The van der Waals surface area contributed by atoms with Gasteiger partial charge in [0.25, 0.3) is 0 Å². The van der Waals surface area contributed by atoms with Gasteiger partial charge in [0.1, 0.15) is 5.78 Å². The molecule has 0 aromatic heterocycles. The van der Waals surface area contributed by atoms with E-state index in [1.165, 1.54) is 7.11 Å². The van der Waals surface area contributed by atoms with E-state index in [-0.39, 0.29) is 19.3 Å². The molecule has 0 rings (SSSR count). The lowest BCUT2D eigenvalue weighted by Crippen LogP contribution is -2.02. The molecule has 0 saturated carbocycles. The van der Waals surface area contributed by atoms with E-state index in [0.717, 1.165) is 0 Å². The number of esters is 1. The van der Waals surface area contributed by atoms with Crippen LogP contribution in [0.1, 0.15) is 34.8 Å². The molecule has 74 valence electrons. The van der Waals surface area contributed by atoms with E-state index in [1.54, 1.807) is 6.08 Å². The van der Waals surface area contributed by atoms with Crippen LogP contribution >= 0.6 is 0 Å². The maximum absolute atomic E-state index is 11.3. The number of carbonyl (C=O) groups is 2. The summed E-state index contributed by atoms with van der Waals surface area (Å²) in [6.45, 7) is 3.45. The van der Waals surface area contributed by atoms with Gasteiger partial charge < -0.3 is 4.74 Å². The fourth-order valence-electron chi connectivity index (χ4n) is 0.728. The lowest BCUT2D eigenvalue weighted by molar-refractivity contribution is -0.140. The Morgan fingerprint density at radius 2 is 2.23 bits per heavy atom. The van der Waals surface area contributed by atoms with Crippen molar-refractivity contribution in [2.45, 2.75) is 32.1 Å². The van der Waals surface area contributed by atoms with Crippen molar-refractivity contribution in [3.8, 4) is 0 Å². The Balaban J connectivity index is 4.09. The van der Waals surface area contributed by atoms with Crippen LogP contribution in [0.2, 0.25) is 0 Å². The predicted molar refractivity (Wildman–Crippen MR) is 50.3 cm³/mol. The molecule has 3 heteroatoms. The summed E-state index contributed by atoms with van der Waals surface area (Å²) in [7, 11) is 1.23. The van der Waals surface area contributed by atoms with Crippen molar-refractivity contribution in [3.05, 3.63) is 12.7 Å². The number of ether oxygens (including phenoxy) is 1. The Kier molecular flexibility index (Phi) is 4.91. The van der Waals surface area contributed by atoms with E-state index in [2.05, 4.69) is 11.3 Å². The first-order chi connectivity index (χ1) is 6.94. The number of allylic oxidation sites excluding steroid dienone is 1. The number of ketones is 1. The maximum atomic E-state index is 11.3. The monoisotopic (exact) mass is 186 g/mol. The molecule has 0 N–H and O–H groups in total. The van der Waals surface area contributed by atoms with Gasteiger partial charge in [-0.3, -0.25) is 9.59 Å². The SMILES string of the molecule is [2H]C([2H])(CCC(=O)OC)C(=O)CCC=C. The molecule has 0 aliphatic rings. The summed E-state index contributed by atoms with van der Waals surface area (Å²) in [6, 6.07) is 0. The van der Waals surface area contributed by atoms with Gasteiger partial charge >= 0.3 is 5.97 Å². The standard InChI is InChI=1S/C10H16O3/c1-3-4-6-9(11)7-5-8-10(12)13-2/h3H,1,4-8H2,2H3/i7D2. The second-order valence-corrected chi connectivity index (χ2v) is 2.50. The van der Waals surface area contributed by atoms with Crippen molar-refractivity contribution in [3.63, 3.8) is 0 Å². The minimum Gasteiger partial charge on any atom is -0.469 e. The number of methoxy groups -OCH3 is 1. The van der Waals surface area contributed by atoms with Gasteiger partial charge in [-0.15, -0.1) is 6.58 Å². The second kappa shape index (κ2) is 7.53. The molecule has 13 heavy (non-hydrogen) atoms. The first kappa shape index (κ1) is 8.48. The zero-order valence-corrected chi connectivity index (χ0v) is 7.84.